The zero-order valence-corrected chi connectivity index (χ0v) is 13.5. The monoisotopic (exact) mass is 291 g/mol. The van der Waals surface area contributed by atoms with Crippen LogP contribution in [-0.2, 0) is 0 Å². The molecule has 1 aliphatic heterocycles. The van der Waals surface area contributed by atoms with Crippen molar-refractivity contribution in [2.24, 2.45) is 0 Å². The lowest BCUT2D eigenvalue weighted by atomic mass is 10.2. The Morgan fingerprint density at radius 3 is 2.67 bits per heavy atom. The standard InChI is InChI=1S/C17H29N3O/c1-3-4-8-18-9-10-19-11-13-20(14-12-19)16-6-5-7-17(15-16)21-2/h5-7,15,18H,3-4,8-14H2,1-2H3. The van der Waals surface area contributed by atoms with Gasteiger partial charge in [0.15, 0.2) is 0 Å². The molecule has 0 bridgehead atoms. The Morgan fingerprint density at radius 2 is 1.95 bits per heavy atom. The van der Waals surface area contributed by atoms with Gasteiger partial charge in [-0.3, -0.25) is 4.90 Å². The van der Waals surface area contributed by atoms with Crippen molar-refractivity contribution in [3.8, 4) is 5.75 Å². The number of piperazine rings is 1. The number of anilines is 1. The van der Waals surface area contributed by atoms with E-state index in [2.05, 4.69) is 40.2 Å². The van der Waals surface area contributed by atoms with Crippen LogP contribution in [-0.4, -0.2) is 57.8 Å². The number of methoxy groups -OCH3 is 1. The molecule has 21 heavy (non-hydrogen) atoms. The van der Waals surface area contributed by atoms with Crippen LogP contribution in [0.2, 0.25) is 0 Å². The maximum atomic E-state index is 5.31. The van der Waals surface area contributed by atoms with Gasteiger partial charge >= 0.3 is 0 Å². The molecule has 1 fully saturated rings. The normalized spacial score (nSPS) is 16.2. The van der Waals surface area contributed by atoms with Gasteiger partial charge in [0.1, 0.15) is 5.75 Å². The lowest BCUT2D eigenvalue weighted by Crippen LogP contribution is -2.48. The van der Waals surface area contributed by atoms with Crippen molar-refractivity contribution < 1.29 is 4.74 Å². The second-order valence-electron chi connectivity index (χ2n) is 5.63. The first-order chi connectivity index (χ1) is 10.3. The van der Waals surface area contributed by atoms with Crippen molar-refractivity contribution in [1.82, 2.24) is 10.2 Å². The predicted molar refractivity (Wildman–Crippen MR) is 89.4 cm³/mol. The average Bonchev–Trinajstić information content (AvgIpc) is 2.55. The second-order valence-corrected chi connectivity index (χ2v) is 5.63. The van der Waals surface area contributed by atoms with E-state index >= 15 is 0 Å². The average molecular weight is 291 g/mol. The summed E-state index contributed by atoms with van der Waals surface area (Å²) in [5, 5.41) is 3.52. The third-order valence-corrected chi connectivity index (χ3v) is 4.10. The van der Waals surface area contributed by atoms with Gasteiger partial charge in [-0.25, -0.2) is 0 Å². The molecule has 4 heteroatoms. The highest BCUT2D eigenvalue weighted by atomic mass is 16.5. The first-order valence-electron chi connectivity index (χ1n) is 8.15. The molecular formula is C17H29N3O. The summed E-state index contributed by atoms with van der Waals surface area (Å²) in [6.07, 6.45) is 2.55. The third-order valence-electron chi connectivity index (χ3n) is 4.10. The quantitative estimate of drug-likeness (QED) is 0.743. The predicted octanol–water partition coefficient (Wildman–Crippen LogP) is 2.21. The van der Waals surface area contributed by atoms with Crippen LogP contribution in [0.25, 0.3) is 0 Å². The smallest absolute Gasteiger partial charge is 0.120 e. The molecular weight excluding hydrogens is 262 g/mol. The van der Waals surface area contributed by atoms with Gasteiger partial charge in [0.05, 0.1) is 7.11 Å². The second kappa shape index (κ2) is 8.90. The first-order valence-corrected chi connectivity index (χ1v) is 8.15. The van der Waals surface area contributed by atoms with Gasteiger partial charge in [-0.05, 0) is 25.1 Å². The summed E-state index contributed by atoms with van der Waals surface area (Å²) in [6.45, 7) is 10.2. The van der Waals surface area contributed by atoms with Crippen molar-refractivity contribution in [1.29, 1.82) is 0 Å². The summed E-state index contributed by atoms with van der Waals surface area (Å²) in [5.74, 6) is 0.940. The molecule has 0 saturated carbocycles. The van der Waals surface area contributed by atoms with Crippen molar-refractivity contribution in [2.45, 2.75) is 19.8 Å². The fourth-order valence-electron chi connectivity index (χ4n) is 2.70. The van der Waals surface area contributed by atoms with Crippen molar-refractivity contribution in [3.63, 3.8) is 0 Å². The molecule has 2 rings (SSSR count). The number of unbranched alkanes of at least 4 members (excludes halogenated alkanes) is 1. The zero-order chi connectivity index (χ0) is 14.9. The molecule has 0 aliphatic carbocycles. The number of hydrogen-bond acceptors (Lipinski definition) is 4. The largest absolute Gasteiger partial charge is 0.497 e. The molecule has 0 atom stereocenters. The highest BCUT2D eigenvalue weighted by molar-refractivity contribution is 5.51. The number of nitrogens with zero attached hydrogens (tertiary/aromatic N) is 2. The minimum Gasteiger partial charge on any atom is -0.497 e. The van der Waals surface area contributed by atoms with Gasteiger partial charge in [0.25, 0.3) is 0 Å². The lowest BCUT2D eigenvalue weighted by Gasteiger charge is -2.36. The van der Waals surface area contributed by atoms with Crippen LogP contribution in [0, 0.1) is 0 Å². The third kappa shape index (κ3) is 5.21. The van der Waals surface area contributed by atoms with Crippen LogP contribution in [0.5, 0.6) is 5.75 Å². The van der Waals surface area contributed by atoms with Crippen LogP contribution in [0.3, 0.4) is 0 Å². The number of benzene rings is 1. The Labute approximate surface area is 129 Å². The minimum absolute atomic E-state index is 0.940. The Bertz CT molecular complexity index is 403. The van der Waals surface area contributed by atoms with E-state index in [4.69, 9.17) is 4.74 Å². The van der Waals surface area contributed by atoms with E-state index < -0.39 is 0 Å². The fourth-order valence-corrected chi connectivity index (χ4v) is 2.70. The maximum absolute atomic E-state index is 5.31. The van der Waals surface area contributed by atoms with E-state index in [1.807, 2.05) is 6.07 Å². The minimum atomic E-state index is 0.940. The van der Waals surface area contributed by atoms with Crippen molar-refractivity contribution in [2.75, 3.05) is 57.8 Å². The molecule has 1 heterocycles. The summed E-state index contributed by atoms with van der Waals surface area (Å²) in [5.41, 5.74) is 1.27. The van der Waals surface area contributed by atoms with Crippen molar-refractivity contribution in [3.05, 3.63) is 24.3 Å². The molecule has 1 aliphatic rings. The Kier molecular flexibility index (Phi) is 6.83. The van der Waals surface area contributed by atoms with Gasteiger partial charge < -0.3 is 15.0 Å². The molecule has 0 radical (unpaired) electrons. The summed E-state index contributed by atoms with van der Waals surface area (Å²) in [6, 6.07) is 8.37. The van der Waals surface area contributed by atoms with Crippen LogP contribution >= 0.6 is 0 Å². The molecule has 0 unspecified atom stereocenters. The van der Waals surface area contributed by atoms with Gasteiger partial charge in [-0.15, -0.1) is 0 Å². The molecule has 1 saturated heterocycles. The van der Waals surface area contributed by atoms with Gasteiger partial charge in [-0.2, -0.15) is 0 Å². The van der Waals surface area contributed by atoms with Crippen molar-refractivity contribution >= 4 is 5.69 Å². The van der Waals surface area contributed by atoms with Gasteiger partial charge in [0.2, 0.25) is 0 Å². The fraction of sp³-hybridized carbons (Fsp3) is 0.647. The Morgan fingerprint density at radius 1 is 1.14 bits per heavy atom. The van der Waals surface area contributed by atoms with Gasteiger partial charge in [-0.1, -0.05) is 19.4 Å². The summed E-state index contributed by atoms with van der Waals surface area (Å²) in [7, 11) is 1.72. The van der Waals surface area contributed by atoms with E-state index in [0.29, 0.717) is 0 Å². The van der Waals surface area contributed by atoms with E-state index in [1.165, 1.54) is 18.5 Å². The maximum Gasteiger partial charge on any atom is 0.120 e. The topological polar surface area (TPSA) is 27.7 Å². The summed E-state index contributed by atoms with van der Waals surface area (Å²) >= 11 is 0. The van der Waals surface area contributed by atoms with Gasteiger partial charge in [0, 0.05) is 51.0 Å². The number of rotatable bonds is 8. The van der Waals surface area contributed by atoms with Crippen LogP contribution < -0.4 is 15.0 Å². The molecule has 0 spiro atoms. The molecule has 1 N–H and O–H groups in total. The highest BCUT2D eigenvalue weighted by Gasteiger charge is 2.16. The van der Waals surface area contributed by atoms with E-state index in [1.54, 1.807) is 7.11 Å². The number of nitrogens with one attached hydrogen (secondary N) is 1. The van der Waals surface area contributed by atoms with E-state index in [0.717, 1.165) is 51.6 Å². The highest BCUT2D eigenvalue weighted by Crippen LogP contribution is 2.21. The zero-order valence-electron chi connectivity index (χ0n) is 13.5. The summed E-state index contributed by atoms with van der Waals surface area (Å²) in [4.78, 5) is 5.00. The molecule has 4 nitrogen and oxygen atoms in total. The number of hydrogen-bond donors (Lipinski definition) is 1. The van der Waals surface area contributed by atoms with Crippen LogP contribution in [0.4, 0.5) is 5.69 Å². The summed E-state index contributed by atoms with van der Waals surface area (Å²) < 4.78 is 5.31. The molecule has 118 valence electrons. The van der Waals surface area contributed by atoms with E-state index in [-0.39, 0.29) is 0 Å². The Hall–Kier alpha value is -1.26. The lowest BCUT2D eigenvalue weighted by molar-refractivity contribution is 0.257. The number of ether oxygens (including phenoxy) is 1. The van der Waals surface area contributed by atoms with Crippen LogP contribution in [0.1, 0.15) is 19.8 Å². The molecule has 0 aromatic heterocycles. The van der Waals surface area contributed by atoms with E-state index in [9.17, 15) is 0 Å². The van der Waals surface area contributed by atoms with Crippen LogP contribution in [0.15, 0.2) is 24.3 Å². The molecule has 1 aromatic carbocycles. The SMILES string of the molecule is CCCCNCCN1CCN(c2cccc(OC)c2)CC1. The Balaban J connectivity index is 1.70. The first kappa shape index (κ1) is 16.1. The molecule has 1 aromatic rings. The molecule has 0 amide bonds.